The summed E-state index contributed by atoms with van der Waals surface area (Å²) >= 11 is 6.36. The van der Waals surface area contributed by atoms with Crippen LogP contribution in [-0.4, -0.2) is 85.2 Å². The van der Waals surface area contributed by atoms with Gasteiger partial charge in [0.1, 0.15) is 5.54 Å². The molecule has 0 aromatic rings. The fourth-order valence-corrected chi connectivity index (χ4v) is 9.18. The predicted octanol–water partition coefficient (Wildman–Crippen LogP) is 5.28. The van der Waals surface area contributed by atoms with E-state index in [1.54, 1.807) is 0 Å². The van der Waals surface area contributed by atoms with Gasteiger partial charge in [0.25, 0.3) is 0 Å². The number of ether oxygens (including phenoxy) is 2. The highest BCUT2D eigenvalue weighted by atomic mass is 35.5. The Kier molecular flexibility index (Phi) is 10.1. The van der Waals surface area contributed by atoms with Gasteiger partial charge in [-0.3, -0.25) is 0 Å². The van der Waals surface area contributed by atoms with Gasteiger partial charge in [0, 0.05) is 29.9 Å². The Morgan fingerprint density at radius 1 is 1.26 bits per heavy atom. The van der Waals surface area contributed by atoms with Crippen molar-refractivity contribution in [1.29, 1.82) is 0 Å². The number of alkyl halides is 1. The first-order chi connectivity index (χ1) is 18.9. The average Bonchev–Trinajstić information content (AvgIpc) is 3.09. The summed E-state index contributed by atoms with van der Waals surface area (Å²) in [5.74, 6) is 1.84. The van der Waals surface area contributed by atoms with Gasteiger partial charge in [-0.25, -0.2) is 0 Å². The number of nitroso groups, excluding NO2 is 1. The van der Waals surface area contributed by atoms with Crippen molar-refractivity contribution in [2.45, 2.75) is 114 Å². The first-order valence-electron chi connectivity index (χ1n) is 15.8. The van der Waals surface area contributed by atoms with Gasteiger partial charge in [0.2, 0.25) is 0 Å². The lowest BCUT2D eigenvalue weighted by atomic mass is 9.62. The van der Waals surface area contributed by atoms with Crippen LogP contribution in [0.1, 0.15) is 84.5 Å². The summed E-state index contributed by atoms with van der Waals surface area (Å²) in [6.07, 6.45) is 14.4. The van der Waals surface area contributed by atoms with E-state index in [1.165, 1.54) is 31.3 Å². The number of allylic oxidation sites excluding steroid dienone is 1. The minimum absolute atomic E-state index is 0.0940. The van der Waals surface area contributed by atoms with Gasteiger partial charge in [-0.15, -0.1) is 16.5 Å². The molecule has 0 radical (unpaired) electrons. The molecule has 5 rings (SSSR count). The zero-order chi connectivity index (χ0) is 27.5. The quantitative estimate of drug-likeness (QED) is 0.225. The van der Waals surface area contributed by atoms with Crippen LogP contribution < -0.4 is 5.32 Å². The molecule has 0 spiro atoms. The number of halogens is 1. The molecule has 0 aromatic heterocycles. The van der Waals surface area contributed by atoms with Crippen LogP contribution in [0.2, 0.25) is 0 Å². The van der Waals surface area contributed by atoms with Crippen LogP contribution in [0.4, 0.5) is 0 Å². The first-order valence-corrected chi connectivity index (χ1v) is 16.3. The number of nitrogens with zero attached hydrogens (tertiary/aromatic N) is 2. The molecule has 222 valence electrons. The van der Waals surface area contributed by atoms with E-state index >= 15 is 0 Å². The molecule has 0 bridgehead atoms. The van der Waals surface area contributed by atoms with Crippen LogP contribution in [0.3, 0.4) is 0 Å². The summed E-state index contributed by atoms with van der Waals surface area (Å²) in [4.78, 5) is 15.0. The minimum atomic E-state index is -0.598. The molecule has 0 aromatic carbocycles. The highest BCUT2D eigenvalue weighted by molar-refractivity contribution is 6.20. The number of rotatable bonds is 9. The average molecular weight is 566 g/mol. The molecule has 7 nitrogen and oxygen atoms in total. The van der Waals surface area contributed by atoms with E-state index in [0.717, 1.165) is 77.7 Å². The fraction of sp³-hybridized carbons (Fsp3) is 0.935. The van der Waals surface area contributed by atoms with E-state index in [1.807, 2.05) is 0 Å². The molecule has 2 N–H and O–H groups in total. The number of piperidine rings is 2. The molecule has 3 saturated heterocycles. The van der Waals surface area contributed by atoms with Crippen molar-refractivity contribution in [3.8, 4) is 0 Å². The second-order valence-electron chi connectivity index (χ2n) is 13.7. The number of fused-ring (bicyclic) bond motifs is 2. The van der Waals surface area contributed by atoms with Crippen molar-refractivity contribution >= 4 is 11.6 Å². The van der Waals surface area contributed by atoms with Gasteiger partial charge in [-0.05, 0) is 107 Å². The van der Waals surface area contributed by atoms with E-state index < -0.39 is 5.54 Å². The maximum atomic E-state index is 12.4. The van der Waals surface area contributed by atoms with Crippen molar-refractivity contribution < 1.29 is 14.6 Å². The molecule has 5 aliphatic rings. The normalized spacial score (nSPS) is 41.1. The summed E-state index contributed by atoms with van der Waals surface area (Å²) < 4.78 is 12.6. The van der Waals surface area contributed by atoms with Gasteiger partial charge in [-0.2, -0.15) is 0 Å². The van der Waals surface area contributed by atoms with Gasteiger partial charge in [-0.1, -0.05) is 25.1 Å². The zero-order valence-corrected chi connectivity index (χ0v) is 25.0. The van der Waals surface area contributed by atoms with Crippen molar-refractivity contribution in [1.82, 2.24) is 10.2 Å². The molecule has 8 atom stereocenters. The lowest BCUT2D eigenvalue weighted by molar-refractivity contribution is -0.0754. The third kappa shape index (κ3) is 6.44. The van der Waals surface area contributed by atoms with Crippen LogP contribution in [0, 0.1) is 28.1 Å². The van der Waals surface area contributed by atoms with E-state index in [2.05, 4.69) is 35.3 Å². The number of likely N-dealkylation sites (tertiary alicyclic amines) is 1. The van der Waals surface area contributed by atoms with Crippen molar-refractivity contribution in [3.63, 3.8) is 0 Å². The smallest absolute Gasteiger partial charge is 0.131 e. The van der Waals surface area contributed by atoms with Gasteiger partial charge < -0.3 is 24.8 Å². The van der Waals surface area contributed by atoms with Gasteiger partial charge in [0.05, 0.1) is 32.0 Å². The fourth-order valence-electron chi connectivity index (χ4n) is 8.98. The molecule has 39 heavy (non-hydrogen) atoms. The van der Waals surface area contributed by atoms with Crippen LogP contribution in [-0.2, 0) is 9.47 Å². The van der Waals surface area contributed by atoms with Crippen LogP contribution in [0.25, 0.3) is 0 Å². The molecular formula is C31H52ClN3O4. The number of hydrogen-bond donors (Lipinski definition) is 2. The van der Waals surface area contributed by atoms with Crippen LogP contribution in [0.15, 0.2) is 16.8 Å². The Morgan fingerprint density at radius 3 is 2.87 bits per heavy atom. The number of hydrogen-bond acceptors (Lipinski definition) is 7. The highest BCUT2D eigenvalue weighted by Gasteiger charge is 2.53. The number of aliphatic hydroxyl groups is 1. The second kappa shape index (κ2) is 13.2. The number of nitrogens with one attached hydrogen (secondary N) is 1. The van der Waals surface area contributed by atoms with Gasteiger partial charge in [0.15, 0.2) is 0 Å². The zero-order valence-electron chi connectivity index (χ0n) is 24.3. The molecule has 0 amide bonds. The summed E-state index contributed by atoms with van der Waals surface area (Å²) in [7, 11) is 0. The monoisotopic (exact) mass is 565 g/mol. The molecule has 8 heteroatoms. The standard InChI is InChI=1S/C31H52ClN3O4/c1-30(2)21-35(16-13-31(30,34-37)22-7-9-23(32)10-8-22)15-4-6-25-26-5-3-14-33-28(26)20-39-29-12-11-24(19-27(25)29)38-18-17-36/h7,23-29,33,36H,3-6,8-21H2,1-2H3. The Balaban J connectivity index is 1.23. The summed E-state index contributed by atoms with van der Waals surface area (Å²) in [5, 5.41) is 17.1. The number of aliphatic hydroxyl groups excluding tert-OH is 1. The Labute approximate surface area is 240 Å². The minimum Gasteiger partial charge on any atom is -0.394 e. The third-order valence-electron chi connectivity index (χ3n) is 11.0. The van der Waals surface area contributed by atoms with Crippen molar-refractivity contribution in [2.75, 3.05) is 46.0 Å². The van der Waals surface area contributed by atoms with E-state index in [0.29, 0.717) is 36.5 Å². The largest absolute Gasteiger partial charge is 0.394 e. The van der Waals surface area contributed by atoms with Crippen molar-refractivity contribution in [2.24, 2.45) is 28.3 Å². The van der Waals surface area contributed by atoms with Crippen molar-refractivity contribution in [3.05, 3.63) is 16.6 Å². The highest BCUT2D eigenvalue weighted by Crippen LogP contribution is 2.50. The molecule has 4 fully saturated rings. The topological polar surface area (TPSA) is 83.4 Å². The lowest BCUT2D eigenvalue weighted by Crippen LogP contribution is -2.57. The van der Waals surface area contributed by atoms with Crippen LogP contribution >= 0.6 is 11.6 Å². The molecule has 2 aliphatic carbocycles. The van der Waals surface area contributed by atoms with Gasteiger partial charge >= 0.3 is 0 Å². The maximum Gasteiger partial charge on any atom is 0.131 e. The molecular weight excluding hydrogens is 514 g/mol. The summed E-state index contributed by atoms with van der Waals surface area (Å²) in [5.41, 5.74) is 0.437. The Bertz CT molecular complexity index is 856. The van der Waals surface area contributed by atoms with E-state index in [-0.39, 0.29) is 23.5 Å². The second-order valence-corrected chi connectivity index (χ2v) is 14.3. The Morgan fingerprint density at radius 2 is 2.13 bits per heavy atom. The SMILES string of the molecule is CC1(C)CN(CCCC2C3CCCNC3COC3CCC(OCCO)CC32)CCC1(N=O)C1=CCC(Cl)CC1. The molecule has 8 unspecified atom stereocenters. The molecule has 1 saturated carbocycles. The maximum absolute atomic E-state index is 12.4. The first kappa shape index (κ1) is 29.9. The molecule has 3 heterocycles. The van der Waals surface area contributed by atoms with E-state index in [4.69, 9.17) is 21.1 Å². The van der Waals surface area contributed by atoms with Crippen LogP contribution in [0.5, 0.6) is 0 Å². The molecule has 3 aliphatic heterocycles. The van der Waals surface area contributed by atoms with E-state index in [9.17, 15) is 10.0 Å². The Hall–Kier alpha value is -0.570. The lowest BCUT2D eigenvalue weighted by Gasteiger charge is -2.51. The predicted molar refractivity (Wildman–Crippen MR) is 156 cm³/mol. The third-order valence-corrected chi connectivity index (χ3v) is 11.4. The summed E-state index contributed by atoms with van der Waals surface area (Å²) in [6, 6.07) is 0.468. The summed E-state index contributed by atoms with van der Waals surface area (Å²) in [6.45, 7) is 9.88.